The van der Waals surface area contributed by atoms with Crippen molar-refractivity contribution in [1.29, 1.82) is 0 Å². The summed E-state index contributed by atoms with van der Waals surface area (Å²) in [5.74, 6) is 0.813. The molecule has 0 unspecified atom stereocenters. The molecular weight excluding hydrogens is 282 g/mol. The van der Waals surface area contributed by atoms with Crippen molar-refractivity contribution < 1.29 is 8.42 Å². The largest absolute Gasteiger partial charge is 0.326 e. The highest BCUT2D eigenvalue weighted by Gasteiger charge is 2.35. The molecule has 5 nitrogen and oxygen atoms in total. The van der Waals surface area contributed by atoms with Gasteiger partial charge in [0, 0.05) is 36.3 Å². The van der Waals surface area contributed by atoms with Gasteiger partial charge in [-0.25, -0.2) is 13.4 Å². The summed E-state index contributed by atoms with van der Waals surface area (Å²) in [7, 11) is -3.49. The minimum atomic E-state index is -3.49. The van der Waals surface area contributed by atoms with Crippen LogP contribution >= 0.6 is 11.8 Å². The minimum Gasteiger partial charge on any atom is -0.326 e. The molecule has 1 aliphatic rings. The lowest BCUT2D eigenvalue weighted by molar-refractivity contribution is 0.386. The summed E-state index contributed by atoms with van der Waals surface area (Å²) in [6.07, 6.45) is 1.52. The fourth-order valence-electron chi connectivity index (χ4n) is 1.99. The van der Waals surface area contributed by atoms with Crippen LogP contribution < -0.4 is 5.73 Å². The molecule has 0 bridgehead atoms. The Bertz CT molecular complexity index is 541. The van der Waals surface area contributed by atoms with Crippen LogP contribution in [0.2, 0.25) is 0 Å². The Balaban J connectivity index is 2.26. The van der Waals surface area contributed by atoms with Gasteiger partial charge in [0.15, 0.2) is 5.03 Å². The van der Waals surface area contributed by atoms with Gasteiger partial charge in [-0.15, -0.1) is 0 Å². The lowest BCUT2D eigenvalue weighted by Crippen LogP contribution is -2.46. The quantitative estimate of drug-likeness (QED) is 0.903. The molecule has 1 aromatic heterocycles. The average molecular weight is 301 g/mol. The van der Waals surface area contributed by atoms with Crippen LogP contribution in [0.1, 0.15) is 19.4 Å². The van der Waals surface area contributed by atoms with Crippen LogP contribution in [-0.4, -0.2) is 41.3 Å². The summed E-state index contributed by atoms with van der Waals surface area (Å²) >= 11 is 1.80. The Morgan fingerprint density at radius 2 is 2.21 bits per heavy atom. The molecule has 0 amide bonds. The SMILES string of the molecule is CC1(C)CN(S(=O)(=O)c2ccc(CN)cn2)CCS1. The first-order chi connectivity index (χ1) is 8.85. The normalized spacial score (nSPS) is 20.4. The predicted octanol–water partition coefficient (Wildman–Crippen LogP) is 1.06. The first-order valence-electron chi connectivity index (χ1n) is 6.14. The fraction of sp³-hybridized carbons (Fsp3) is 0.583. The molecule has 106 valence electrons. The molecule has 1 saturated heterocycles. The van der Waals surface area contributed by atoms with Crippen LogP contribution in [0.3, 0.4) is 0 Å². The van der Waals surface area contributed by atoms with E-state index < -0.39 is 10.0 Å². The molecule has 7 heteroatoms. The number of pyridine rings is 1. The van der Waals surface area contributed by atoms with E-state index in [2.05, 4.69) is 18.8 Å². The molecule has 0 atom stereocenters. The summed E-state index contributed by atoms with van der Waals surface area (Å²) in [4.78, 5) is 4.03. The highest BCUT2D eigenvalue weighted by molar-refractivity contribution is 8.00. The number of rotatable bonds is 3. The average Bonchev–Trinajstić information content (AvgIpc) is 2.37. The summed E-state index contributed by atoms with van der Waals surface area (Å²) in [6, 6.07) is 3.25. The van der Waals surface area contributed by atoms with Crippen LogP contribution in [0, 0.1) is 0 Å². The molecule has 0 aromatic carbocycles. The lowest BCUT2D eigenvalue weighted by atomic mass is 10.2. The third kappa shape index (κ3) is 3.28. The van der Waals surface area contributed by atoms with E-state index in [-0.39, 0.29) is 9.77 Å². The molecule has 1 aromatic rings. The van der Waals surface area contributed by atoms with Crippen LogP contribution in [0.15, 0.2) is 23.4 Å². The highest BCUT2D eigenvalue weighted by atomic mass is 32.2. The third-order valence-corrected chi connectivity index (χ3v) is 6.09. The van der Waals surface area contributed by atoms with E-state index in [0.717, 1.165) is 11.3 Å². The number of nitrogens with zero attached hydrogens (tertiary/aromatic N) is 2. The van der Waals surface area contributed by atoms with Crippen LogP contribution in [0.4, 0.5) is 0 Å². The maximum absolute atomic E-state index is 12.5. The Labute approximate surface area is 118 Å². The van der Waals surface area contributed by atoms with Crippen molar-refractivity contribution in [3.05, 3.63) is 23.9 Å². The van der Waals surface area contributed by atoms with Gasteiger partial charge in [-0.05, 0) is 25.5 Å². The van der Waals surface area contributed by atoms with Gasteiger partial charge in [0.05, 0.1) is 0 Å². The van der Waals surface area contributed by atoms with Gasteiger partial charge in [-0.2, -0.15) is 16.1 Å². The number of thioether (sulfide) groups is 1. The number of hydrogen-bond acceptors (Lipinski definition) is 5. The summed E-state index contributed by atoms with van der Waals surface area (Å²) in [5.41, 5.74) is 6.31. The maximum Gasteiger partial charge on any atom is 0.260 e. The molecule has 2 rings (SSSR count). The van der Waals surface area contributed by atoms with E-state index >= 15 is 0 Å². The van der Waals surface area contributed by atoms with Crippen molar-refractivity contribution >= 4 is 21.8 Å². The zero-order valence-corrected chi connectivity index (χ0v) is 12.8. The minimum absolute atomic E-state index is 0.0531. The molecule has 0 spiro atoms. The molecule has 19 heavy (non-hydrogen) atoms. The van der Waals surface area contributed by atoms with Crippen molar-refractivity contribution in [3.63, 3.8) is 0 Å². The standard InChI is InChI=1S/C12H19N3O2S2/c1-12(2)9-15(5-6-18-12)19(16,17)11-4-3-10(7-13)8-14-11/h3-4,8H,5-7,9,13H2,1-2H3. The molecule has 0 radical (unpaired) electrons. The number of sulfonamides is 1. The van der Waals surface area contributed by atoms with Gasteiger partial charge in [0.25, 0.3) is 10.0 Å². The predicted molar refractivity (Wildman–Crippen MR) is 77.4 cm³/mol. The summed E-state index contributed by atoms with van der Waals surface area (Å²) in [5, 5.41) is 0.104. The van der Waals surface area contributed by atoms with Crippen LogP contribution in [0.5, 0.6) is 0 Å². The Morgan fingerprint density at radius 3 is 2.74 bits per heavy atom. The molecule has 1 fully saturated rings. The van der Waals surface area contributed by atoms with Crippen molar-refractivity contribution in [3.8, 4) is 0 Å². The van der Waals surface area contributed by atoms with E-state index in [1.165, 1.54) is 16.6 Å². The van der Waals surface area contributed by atoms with Crippen LogP contribution in [-0.2, 0) is 16.6 Å². The topological polar surface area (TPSA) is 76.3 Å². The third-order valence-electron chi connectivity index (χ3n) is 3.03. The monoisotopic (exact) mass is 301 g/mol. The summed E-state index contributed by atoms with van der Waals surface area (Å²) in [6.45, 7) is 5.53. The van der Waals surface area contributed by atoms with Gasteiger partial charge in [-0.1, -0.05) is 6.07 Å². The van der Waals surface area contributed by atoms with E-state index in [1.54, 1.807) is 17.8 Å². The first kappa shape index (κ1) is 14.8. The van der Waals surface area contributed by atoms with Gasteiger partial charge in [0.2, 0.25) is 0 Å². The zero-order valence-electron chi connectivity index (χ0n) is 11.2. The number of hydrogen-bond donors (Lipinski definition) is 1. The summed E-state index contributed by atoms with van der Waals surface area (Å²) < 4.78 is 26.5. The van der Waals surface area contributed by atoms with Crippen molar-refractivity contribution in [2.24, 2.45) is 5.73 Å². The smallest absolute Gasteiger partial charge is 0.260 e. The Hall–Kier alpha value is -0.630. The van der Waals surface area contributed by atoms with Crippen molar-refractivity contribution in [1.82, 2.24) is 9.29 Å². The first-order valence-corrected chi connectivity index (χ1v) is 8.57. The van der Waals surface area contributed by atoms with Crippen LogP contribution in [0.25, 0.3) is 0 Å². The molecule has 2 heterocycles. The van der Waals surface area contributed by atoms with E-state index in [4.69, 9.17) is 5.73 Å². The van der Waals surface area contributed by atoms with Gasteiger partial charge < -0.3 is 5.73 Å². The Morgan fingerprint density at radius 1 is 1.47 bits per heavy atom. The van der Waals surface area contributed by atoms with Crippen molar-refractivity contribution in [2.45, 2.75) is 30.2 Å². The Kier molecular flexibility index (Phi) is 4.20. The van der Waals surface area contributed by atoms with Crippen molar-refractivity contribution in [2.75, 3.05) is 18.8 Å². The number of aromatic nitrogens is 1. The van der Waals surface area contributed by atoms with E-state index in [1.807, 2.05) is 0 Å². The molecule has 0 saturated carbocycles. The molecule has 0 aliphatic carbocycles. The number of nitrogens with two attached hydrogens (primary N) is 1. The zero-order chi connectivity index (χ0) is 14.1. The maximum atomic E-state index is 12.5. The van der Waals surface area contributed by atoms with E-state index in [9.17, 15) is 8.42 Å². The second-order valence-electron chi connectivity index (χ2n) is 5.16. The second kappa shape index (κ2) is 5.40. The van der Waals surface area contributed by atoms with Gasteiger partial charge in [-0.3, -0.25) is 0 Å². The molecular formula is C12H19N3O2S2. The van der Waals surface area contributed by atoms with Gasteiger partial charge in [0.1, 0.15) is 0 Å². The van der Waals surface area contributed by atoms with Gasteiger partial charge >= 0.3 is 0 Å². The second-order valence-corrected chi connectivity index (χ2v) is 8.84. The molecule has 2 N–H and O–H groups in total. The fourth-order valence-corrected chi connectivity index (χ4v) is 4.82. The lowest BCUT2D eigenvalue weighted by Gasteiger charge is -2.36. The van der Waals surface area contributed by atoms with E-state index in [0.29, 0.717) is 19.6 Å². The highest BCUT2D eigenvalue weighted by Crippen LogP contribution is 2.32. The molecule has 1 aliphatic heterocycles.